The molecule has 6 heteroatoms. The summed E-state index contributed by atoms with van der Waals surface area (Å²) in [6.07, 6.45) is 0.773. The molecular formula is C14H21FN2O2S. The second-order valence-corrected chi connectivity index (χ2v) is 7.46. The lowest BCUT2D eigenvalue weighted by atomic mass is 10.1. The highest BCUT2D eigenvalue weighted by molar-refractivity contribution is 7.89. The first kappa shape index (κ1) is 15.4. The summed E-state index contributed by atoms with van der Waals surface area (Å²) in [5.74, 6) is -0.214. The maximum atomic E-state index is 13.3. The second-order valence-electron chi connectivity index (χ2n) is 5.63. The Balaban J connectivity index is 2.46. The Morgan fingerprint density at radius 3 is 2.35 bits per heavy atom. The molecule has 1 aromatic rings. The minimum atomic E-state index is -3.60. The van der Waals surface area contributed by atoms with Gasteiger partial charge in [0.15, 0.2) is 0 Å². The van der Waals surface area contributed by atoms with Crippen LogP contribution < -0.4 is 5.73 Å². The summed E-state index contributed by atoms with van der Waals surface area (Å²) in [6, 6.07) is 2.46. The molecule has 112 valence electrons. The van der Waals surface area contributed by atoms with Crippen molar-refractivity contribution in [3.05, 3.63) is 29.1 Å². The number of hydrogen-bond acceptors (Lipinski definition) is 3. The van der Waals surface area contributed by atoms with Gasteiger partial charge in [-0.2, -0.15) is 4.31 Å². The van der Waals surface area contributed by atoms with E-state index >= 15 is 0 Å². The fraction of sp³-hybridized carbons (Fsp3) is 0.571. The predicted molar refractivity (Wildman–Crippen MR) is 76.4 cm³/mol. The van der Waals surface area contributed by atoms with Crippen LogP contribution in [0.3, 0.4) is 0 Å². The van der Waals surface area contributed by atoms with E-state index < -0.39 is 15.8 Å². The van der Waals surface area contributed by atoms with E-state index in [1.807, 2.05) is 6.92 Å². The largest absolute Gasteiger partial charge is 0.330 e. The van der Waals surface area contributed by atoms with Crippen molar-refractivity contribution < 1.29 is 12.8 Å². The van der Waals surface area contributed by atoms with E-state index in [1.165, 1.54) is 16.4 Å². The van der Waals surface area contributed by atoms with Gasteiger partial charge >= 0.3 is 0 Å². The average Bonchev–Trinajstić information content (AvgIpc) is 2.69. The van der Waals surface area contributed by atoms with Crippen LogP contribution in [-0.2, 0) is 10.0 Å². The lowest BCUT2D eigenvalue weighted by Gasteiger charge is -2.23. The van der Waals surface area contributed by atoms with Crippen LogP contribution in [-0.4, -0.2) is 31.9 Å². The maximum Gasteiger partial charge on any atom is 0.243 e. The van der Waals surface area contributed by atoms with Crippen molar-refractivity contribution in [3.8, 4) is 0 Å². The fourth-order valence-corrected chi connectivity index (χ4v) is 5.17. The third-order valence-electron chi connectivity index (χ3n) is 3.93. The first-order valence-corrected chi connectivity index (χ1v) is 8.20. The van der Waals surface area contributed by atoms with Crippen LogP contribution in [0.25, 0.3) is 0 Å². The monoisotopic (exact) mass is 300 g/mol. The third-order valence-corrected chi connectivity index (χ3v) is 6.22. The van der Waals surface area contributed by atoms with Gasteiger partial charge in [0.1, 0.15) is 5.82 Å². The van der Waals surface area contributed by atoms with Crippen LogP contribution in [0.1, 0.15) is 24.5 Å². The average molecular weight is 300 g/mol. The Bertz CT molecular complexity index is 593. The highest BCUT2D eigenvalue weighted by atomic mass is 32.2. The highest BCUT2D eigenvalue weighted by Gasteiger charge is 2.38. The van der Waals surface area contributed by atoms with Crippen LogP contribution in [0.4, 0.5) is 4.39 Å². The molecule has 4 nitrogen and oxygen atoms in total. The number of hydrogen-bond donors (Lipinski definition) is 1. The van der Waals surface area contributed by atoms with Gasteiger partial charge in [-0.15, -0.1) is 0 Å². The SMILES string of the molecule is Cc1cc(F)cc(C)c1S(=O)(=O)N1CC(CN)CC1C. The molecule has 1 aliphatic heterocycles. The molecule has 1 aromatic carbocycles. The van der Waals surface area contributed by atoms with E-state index in [2.05, 4.69) is 0 Å². The molecule has 0 amide bonds. The molecule has 2 rings (SSSR count). The topological polar surface area (TPSA) is 63.4 Å². The molecule has 0 radical (unpaired) electrons. The molecule has 1 heterocycles. The molecule has 1 saturated heterocycles. The van der Waals surface area contributed by atoms with Crippen LogP contribution in [0, 0.1) is 25.6 Å². The van der Waals surface area contributed by atoms with Gasteiger partial charge < -0.3 is 5.73 Å². The van der Waals surface area contributed by atoms with Gasteiger partial charge in [0, 0.05) is 12.6 Å². The van der Waals surface area contributed by atoms with Gasteiger partial charge in [-0.3, -0.25) is 0 Å². The summed E-state index contributed by atoms with van der Waals surface area (Å²) < 4.78 is 40.5. The second kappa shape index (κ2) is 5.42. The Morgan fingerprint density at radius 1 is 1.35 bits per heavy atom. The van der Waals surface area contributed by atoms with Crippen LogP contribution in [0.5, 0.6) is 0 Å². The lowest BCUT2D eigenvalue weighted by molar-refractivity contribution is 0.404. The quantitative estimate of drug-likeness (QED) is 0.926. The fourth-order valence-electron chi connectivity index (χ4n) is 3.04. The number of sulfonamides is 1. The summed E-state index contributed by atoms with van der Waals surface area (Å²) in [6.45, 7) is 6.07. The number of nitrogens with zero attached hydrogens (tertiary/aromatic N) is 1. The van der Waals surface area contributed by atoms with Crippen molar-refractivity contribution >= 4 is 10.0 Å². The van der Waals surface area contributed by atoms with E-state index in [1.54, 1.807) is 13.8 Å². The van der Waals surface area contributed by atoms with Crippen molar-refractivity contribution in [1.82, 2.24) is 4.31 Å². The summed E-state index contributed by atoms with van der Waals surface area (Å²) in [5.41, 5.74) is 6.55. The minimum Gasteiger partial charge on any atom is -0.330 e. The smallest absolute Gasteiger partial charge is 0.243 e. The van der Waals surface area contributed by atoms with Crippen molar-refractivity contribution in [1.29, 1.82) is 0 Å². The zero-order chi connectivity index (χ0) is 15.1. The highest BCUT2D eigenvalue weighted by Crippen LogP contribution is 2.32. The number of rotatable bonds is 3. The molecule has 2 unspecified atom stereocenters. The van der Waals surface area contributed by atoms with Crippen molar-refractivity contribution in [3.63, 3.8) is 0 Å². The predicted octanol–water partition coefficient (Wildman–Crippen LogP) is 1.80. The molecule has 2 N–H and O–H groups in total. The maximum absolute atomic E-state index is 13.3. The lowest BCUT2D eigenvalue weighted by Crippen LogP contribution is -2.35. The van der Waals surface area contributed by atoms with Crippen LogP contribution >= 0.6 is 0 Å². The standard InChI is InChI=1S/C14H21FN2O2S/c1-9-4-13(15)5-10(2)14(9)20(18,19)17-8-12(7-16)6-11(17)3/h4-5,11-12H,6-8,16H2,1-3H3. The van der Waals surface area contributed by atoms with Crippen molar-refractivity contribution in [2.75, 3.05) is 13.1 Å². The molecule has 0 aliphatic carbocycles. The minimum absolute atomic E-state index is 0.0718. The van der Waals surface area contributed by atoms with Gasteiger partial charge in [-0.25, -0.2) is 12.8 Å². The molecule has 1 fully saturated rings. The summed E-state index contributed by atoms with van der Waals surface area (Å²) in [4.78, 5) is 0.225. The number of nitrogens with two attached hydrogens (primary N) is 1. The van der Waals surface area contributed by atoms with Crippen LogP contribution in [0.15, 0.2) is 17.0 Å². The number of aryl methyl sites for hydroxylation is 2. The summed E-state index contributed by atoms with van der Waals surface area (Å²) in [5, 5.41) is 0. The summed E-state index contributed by atoms with van der Waals surface area (Å²) in [7, 11) is -3.60. The number of halogens is 1. The van der Waals surface area contributed by atoms with E-state index in [9.17, 15) is 12.8 Å². The van der Waals surface area contributed by atoms with Gasteiger partial charge in [0.2, 0.25) is 10.0 Å². The molecule has 0 aromatic heterocycles. The zero-order valence-corrected chi connectivity index (χ0v) is 12.9. The van der Waals surface area contributed by atoms with Crippen LogP contribution in [0.2, 0.25) is 0 Å². The molecule has 0 spiro atoms. The van der Waals surface area contributed by atoms with Crippen molar-refractivity contribution in [2.24, 2.45) is 11.7 Å². The van der Waals surface area contributed by atoms with Gasteiger partial charge in [0.25, 0.3) is 0 Å². The molecule has 2 atom stereocenters. The molecule has 1 aliphatic rings. The Labute approximate surface area is 119 Å². The molecule has 20 heavy (non-hydrogen) atoms. The van der Waals surface area contributed by atoms with E-state index in [0.29, 0.717) is 24.2 Å². The first-order chi connectivity index (χ1) is 9.27. The summed E-state index contributed by atoms with van der Waals surface area (Å²) >= 11 is 0. The third kappa shape index (κ3) is 2.60. The Morgan fingerprint density at radius 2 is 1.90 bits per heavy atom. The Kier molecular flexibility index (Phi) is 4.18. The Hall–Kier alpha value is -0.980. The first-order valence-electron chi connectivity index (χ1n) is 6.76. The van der Waals surface area contributed by atoms with E-state index in [4.69, 9.17) is 5.73 Å². The zero-order valence-electron chi connectivity index (χ0n) is 12.1. The number of benzene rings is 1. The normalized spacial score (nSPS) is 24.2. The van der Waals surface area contributed by atoms with Gasteiger partial charge in [-0.1, -0.05) is 0 Å². The van der Waals surface area contributed by atoms with E-state index in [-0.39, 0.29) is 16.9 Å². The molecular weight excluding hydrogens is 279 g/mol. The van der Waals surface area contributed by atoms with Gasteiger partial charge in [0.05, 0.1) is 4.90 Å². The van der Waals surface area contributed by atoms with E-state index in [0.717, 1.165) is 6.42 Å². The molecule has 0 saturated carbocycles. The molecule has 0 bridgehead atoms. The van der Waals surface area contributed by atoms with Crippen molar-refractivity contribution in [2.45, 2.75) is 38.1 Å². The van der Waals surface area contributed by atoms with Gasteiger partial charge in [-0.05, 0) is 62.9 Å².